The number of rotatable bonds is 52. The number of carbonyl (C=O) groups excluding carboxylic acids is 2. The van der Waals surface area contributed by atoms with E-state index >= 15 is 0 Å². The van der Waals surface area contributed by atoms with Gasteiger partial charge in [0.25, 0.3) is 5.91 Å². The maximum atomic E-state index is 13.9. The number of carbonyl (C=O) groups is 2. The third-order valence-corrected chi connectivity index (χ3v) is 20.1. The first-order valence-electron chi connectivity index (χ1n) is 36.0. The van der Waals surface area contributed by atoms with Crippen molar-refractivity contribution in [3.63, 3.8) is 0 Å². The number of piperidine rings is 1. The average molecular weight is 1260 g/mol. The van der Waals surface area contributed by atoms with Crippen LogP contribution in [-0.2, 0) is 52.2 Å². The lowest BCUT2D eigenvalue weighted by atomic mass is 9.70. The van der Waals surface area contributed by atoms with Crippen molar-refractivity contribution in [3.05, 3.63) is 72.4 Å². The van der Waals surface area contributed by atoms with E-state index in [0.29, 0.717) is 119 Å². The number of hydrogen-bond acceptors (Lipinski definition) is 13. The summed E-state index contributed by atoms with van der Waals surface area (Å²) in [6, 6.07) is 0. The van der Waals surface area contributed by atoms with Gasteiger partial charge >= 0.3 is 0 Å². The molecule has 0 bridgehead atoms. The average Bonchev–Trinajstić information content (AvgIpc) is 2.70. The molecule has 5 aliphatic rings. The fourth-order valence-corrected chi connectivity index (χ4v) is 13.6. The molecule has 0 N–H and O–H groups in total. The second-order valence-corrected chi connectivity index (χ2v) is 28.3. The van der Waals surface area contributed by atoms with E-state index in [9.17, 15) is 9.59 Å². The lowest BCUT2D eigenvalue weighted by molar-refractivity contribution is -0.131. The quantitative estimate of drug-likeness (QED) is 0.0248. The fraction of sp³-hybridized carbons (Fsp3) is 0.816. The molecule has 0 aromatic carbocycles. The molecule has 1 amide bonds. The van der Waals surface area contributed by atoms with Crippen molar-refractivity contribution in [2.75, 3.05) is 146 Å². The van der Waals surface area contributed by atoms with Gasteiger partial charge in [-0.25, -0.2) is 0 Å². The highest BCUT2D eigenvalue weighted by Crippen LogP contribution is 2.48. The van der Waals surface area contributed by atoms with Crippen LogP contribution in [-0.4, -0.2) is 197 Å². The maximum absolute atomic E-state index is 13.9. The maximum Gasteiger partial charge on any atom is 0.251 e. The monoisotopic (exact) mass is 1260 g/mol. The van der Waals surface area contributed by atoms with Crippen molar-refractivity contribution in [2.24, 2.45) is 46.8 Å². The van der Waals surface area contributed by atoms with Crippen LogP contribution in [0.25, 0.3) is 0 Å². The highest BCUT2D eigenvalue weighted by Gasteiger charge is 2.38. The van der Waals surface area contributed by atoms with E-state index in [0.717, 1.165) is 128 Å². The number of hydrogen-bond donors (Lipinski definition) is 0. The van der Waals surface area contributed by atoms with Gasteiger partial charge in [-0.2, -0.15) is 0 Å². The molecule has 8 atom stereocenters. The van der Waals surface area contributed by atoms with Crippen LogP contribution in [0.2, 0.25) is 0 Å². The Kier molecular flexibility index (Phi) is 39.4. The molecule has 0 radical (unpaired) electrons. The number of likely N-dealkylation sites (N-methyl/N-ethyl adjacent to an activating group) is 2. The Hall–Kier alpha value is -2.86. The number of allylic oxidation sites excluding steroid dienone is 7. The van der Waals surface area contributed by atoms with E-state index < -0.39 is 0 Å². The summed E-state index contributed by atoms with van der Waals surface area (Å²) < 4.78 is 52.9. The van der Waals surface area contributed by atoms with Crippen LogP contribution in [0.1, 0.15) is 183 Å². The van der Waals surface area contributed by atoms with Gasteiger partial charge in [0.2, 0.25) is 0 Å². The van der Waals surface area contributed by atoms with Crippen molar-refractivity contribution in [1.82, 2.24) is 14.7 Å². The van der Waals surface area contributed by atoms with Crippen molar-refractivity contribution >= 4 is 11.7 Å². The minimum atomic E-state index is -0.214. The first kappa shape index (κ1) is 77.8. The first-order chi connectivity index (χ1) is 43.6. The van der Waals surface area contributed by atoms with Gasteiger partial charge in [0, 0.05) is 70.7 Å². The molecule has 5 rings (SSSR count). The van der Waals surface area contributed by atoms with Crippen LogP contribution in [0.5, 0.6) is 0 Å². The smallest absolute Gasteiger partial charge is 0.251 e. The summed E-state index contributed by atoms with van der Waals surface area (Å²) in [4.78, 5) is 33.5. The third kappa shape index (κ3) is 33.0. The number of Topliss-reactive ketones (excluding diaryl/α,β-unsaturated/α-hetero) is 1. The van der Waals surface area contributed by atoms with Gasteiger partial charge < -0.3 is 57.3 Å². The summed E-state index contributed by atoms with van der Waals surface area (Å²) in [6.45, 7) is 35.0. The molecule has 3 aliphatic carbocycles. The normalized spacial score (nSPS) is 23.4. The molecule has 3 saturated carbocycles. The minimum Gasteiger partial charge on any atom is -0.380 e. The Morgan fingerprint density at radius 3 is 1.81 bits per heavy atom. The highest BCUT2D eigenvalue weighted by atomic mass is 16.6. The van der Waals surface area contributed by atoms with Gasteiger partial charge in [0.1, 0.15) is 5.78 Å². The summed E-state index contributed by atoms with van der Waals surface area (Å²) in [7, 11) is 5.99. The van der Waals surface area contributed by atoms with E-state index in [4.69, 9.17) is 42.6 Å². The van der Waals surface area contributed by atoms with Gasteiger partial charge in [0.15, 0.2) is 0 Å². The largest absolute Gasteiger partial charge is 0.380 e. The zero-order valence-electron chi connectivity index (χ0n) is 58.6. The molecule has 14 heteroatoms. The summed E-state index contributed by atoms with van der Waals surface area (Å²) >= 11 is 0. The predicted octanol–water partition coefficient (Wildman–Crippen LogP) is 14.3. The Balaban J connectivity index is 0.865. The third-order valence-electron chi connectivity index (χ3n) is 20.1. The van der Waals surface area contributed by atoms with Crippen LogP contribution in [0.3, 0.4) is 0 Å². The van der Waals surface area contributed by atoms with Crippen molar-refractivity contribution in [1.29, 1.82) is 0 Å². The SMILES string of the molecule is C=CCCOCCN(C)CCOCCOCCOCCOCCOCCN(C)CCOC1CCC(C)(CCC(CCC(C)/C=C(\C)C(CC(=O)C(C)CC(C)/C=C/C=C/C=C(\C)C(CC2CCCC(C(=C)C(=O)N3CCCCC3)O2)OC)C2CC2)C2CC2)CC1. The van der Waals surface area contributed by atoms with Crippen molar-refractivity contribution < 1.29 is 52.2 Å². The first-order valence-corrected chi connectivity index (χ1v) is 36.0. The zero-order valence-corrected chi connectivity index (χ0v) is 58.6. The number of ketones is 1. The summed E-state index contributed by atoms with van der Waals surface area (Å²) in [5.74, 6) is 4.19. The number of nitrogens with zero attached hydrogens (tertiary/aromatic N) is 3. The molecular formula is C76H131N3O11. The van der Waals surface area contributed by atoms with Gasteiger partial charge in [0.05, 0.1) is 110 Å². The lowest BCUT2D eigenvalue weighted by Gasteiger charge is -2.38. The molecule has 2 saturated heterocycles. The summed E-state index contributed by atoms with van der Waals surface area (Å²) in [6.07, 6.45) is 40.1. The molecule has 90 heavy (non-hydrogen) atoms. The minimum absolute atomic E-state index is 0.0308. The van der Waals surface area contributed by atoms with E-state index in [-0.39, 0.29) is 30.1 Å². The molecule has 8 unspecified atom stereocenters. The van der Waals surface area contributed by atoms with Crippen LogP contribution in [0.4, 0.5) is 0 Å². The fourth-order valence-electron chi connectivity index (χ4n) is 13.6. The topological polar surface area (TPSA) is 127 Å². The lowest BCUT2D eigenvalue weighted by Crippen LogP contribution is -2.41. The molecule has 2 aliphatic heterocycles. The second kappa shape index (κ2) is 45.5. The number of ether oxygens (including phenoxy) is 9. The van der Waals surface area contributed by atoms with Crippen molar-refractivity contribution in [3.8, 4) is 0 Å². The molecule has 0 spiro atoms. The molecule has 5 fully saturated rings. The molecule has 0 aromatic heterocycles. The molecule has 516 valence electrons. The van der Waals surface area contributed by atoms with E-state index in [2.05, 4.69) is 115 Å². The van der Waals surface area contributed by atoms with Crippen LogP contribution in [0.15, 0.2) is 72.4 Å². The number of likely N-dealkylation sites (tertiary alicyclic amines) is 1. The van der Waals surface area contributed by atoms with Gasteiger partial charge in [-0.3, -0.25) is 9.59 Å². The van der Waals surface area contributed by atoms with Gasteiger partial charge in [-0.05, 0) is 203 Å². The Bertz CT molecular complexity index is 2090. The molecule has 2 heterocycles. The van der Waals surface area contributed by atoms with Crippen LogP contribution >= 0.6 is 0 Å². The Labute approximate surface area is 549 Å². The predicted molar refractivity (Wildman–Crippen MR) is 367 cm³/mol. The number of amides is 1. The van der Waals surface area contributed by atoms with E-state index in [1.165, 1.54) is 89.0 Å². The molecule has 0 aromatic rings. The zero-order chi connectivity index (χ0) is 64.8. The molecular weight excluding hydrogens is 1130 g/mol. The molecule has 14 nitrogen and oxygen atoms in total. The van der Waals surface area contributed by atoms with Crippen LogP contribution in [0, 0.1) is 46.8 Å². The number of methoxy groups -OCH3 is 1. The second-order valence-electron chi connectivity index (χ2n) is 28.3. The highest BCUT2D eigenvalue weighted by molar-refractivity contribution is 5.93. The van der Waals surface area contributed by atoms with Crippen LogP contribution < -0.4 is 0 Å². The van der Waals surface area contributed by atoms with Gasteiger partial charge in [-0.1, -0.05) is 82.4 Å². The van der Waals surface area contributed by atoms with Gasteiger partial charge in [-0.15, -0.1) is 6.58 Å². The summed E-state index contributed by atoms with van der Waals surface area (Å²) in [5.41, 5.74) is 3.64. The van der Waals surface area contributed by atoms with Crippen molar-refractivity contribution in [2.45, 2.75) is 207 Å². The van der Waals surface area contributed by atoms with E-state index in [1.54, 1.807) is 7.11 Å². The Morgan fingerprint density at radius 2 is 1.23 bits per heavy atom. The van der Waals surface area contributed by atoms with E-state index in [1.807, 2.05) is 11.0 Å². The summed E-state index contributed by atoms with van der Waals surface area (Å²) in [5, 5.41) is 0. The Morgan fingerprint density at radius 1 is 0.656 bits per heavy atom. The standard InChI is InChI=1S/C76H131N3O11/c1-12-13-43-83-44-39-77(9)40-45-84-48-50-86-52-54-88-55-53-87-51-49-85-46-41-78(10)42-47-89-69-32-35-76(8,36-33-69)34-31-67(66-27-28-66)26-25-61(3)56-63(5)71(68-29-30-68)59-72(80)64(6)57-60(2)21-16-14-17-22-62(4)74(82-11)58-70-23-20-24-73(90-70)65(7)75(81)79-37-18-15-19-38-79/h12,14,16-17,21-22,56,60-61,64,66-71,73-74H,1,7,13,15,18-20,23-55,57-59H2,2-6,8-11H3/b17-14+,21-16+,62-22+,63-56+.